The molecular formula is C19H27N5O. The number of nitrogens with zero attached hydrogens (tertiary/aromatic N) is 3. The summed E-state index contributed by atoms with van der Waals surface area (Å²) in [5.41, 5.74) is 1.99. The predicted molar refractivity (Wildman–Crippen MR) is 97.9 cm³/mol. The number of aromatic nitrogens is 3. The average Bonchev–Trinajstić information content (AvgIpc) is 3.18. The van der Waals surface area contributed by atoms with Crippen LogP contribution in [0.5, 0.6) is 0 Å². The van der Waals surface area contributed by atoms with Gasteiger partial charge in [-0.05, 0) is 52.2 Å². The lowest BCUT2D eigenvalue weighted by atomic mass is 10.1. The average molecular weight is 341 g/mol. The Morgan fingerprint density at radius 2 is 2.08 bits per heavy atom. The van der Waals surface area contributed by atoms with Crippen LogP contribution in [0.2, 0.25) is 0 Å². The first-order valence-electron chi connectivity index (χ1n) is 8.99. The van der Waals surface area contributed by atoms with E-state index in [9.17, 15) is 4.79 Å². The van der Waals surface area contributed by atoms with Crippen molar-refractivity contribution in [1.29, 1.82) is 0 Å². The second-order valence-electron chi connectivity index (χ2n) is 7.06. The molecule has 0 spiro atoms. The van der Waals surface area contributed by atoms with E-state index in [0.29, 0.717) is 24.5 Å². The molecule has 134 valence electrons. The van der Waals surface area contributed by atoms with Crippen molar-refractivity contribution in [2.24, 2.45) is 0 Å². The molecule has 6 heteroatoms. The van der Waals surface area contributed by atoms with E-state index in [1.54, 1.807) is 0 Å². The SMILES string of the molecule is Cc1nc(-c2cccc(CNC(=O)[C@@H](C)N3[C@@H](C)CC[C@@H]3C)c2)n[nH]1. The number of hydrogen-bond acceptors (Lipinski definition) is 4. The van der Waals surface area contributed by atoms with Crippen LogP contribution in [0, 0.1) is 6.92 Å². The summed E-state index contributed by atoms with van der Waals surface area (Å²) in [7, 11) is 0. The Balaban J connectivity index is 1.62. The molecule has 1 aromatic carbocycles. The third-order valence-corrected chi connectivity index (χ3v) is 5.10. The zero-order valence-electron chi connectivity index (χ0n) is 15.4. The fraction of sp³-hybridized carbons (Fsp3) is 0.526. The quantitative estimate of drug-likeness (QED) is 0.877. The van der Waals surface area contributed by atoms with Crippen LogP contribution in [0.25, 0.3) is 11.4 Å². The van der Waals surface area contributed by atoms with Gasteiger partial charge in [0.25, 0.3) is 0 Å². The highest BCUT2D eigenvalue weighted by atomic mass is 16.2. The molecule has 0 bridgehead atoms. The van der Waals surface area contributed by atoms with Crippen molar-refractivity contribution in [1.82, 2.24) is 25.4 Å². The van der Waals surface area contributed by atoms with Gasteiger partial charge >= 0.3 is 0 Å². The molecule has 0 radical (unpaired) electrons. The highest BCUT2D eigenvalue weighted by molar-refractivity contribution is 5.81. The third-order valence-electron chi connectivity index (χ3n) is 5.10. The molecular weight excluding hydrogens is 314 g/mol. The normalized spacial score (nSPS) is 22.1. The zero-order chi connectivity index (χ0) is 18.0. The molecule has 1 amide bonds. The standard InChI is InChI=1S/C19H27N5O/c1-12-8-9-13(2)24(12)14(3)19(25)20-11-16-6-5-7-17(10-16)18-21-15(4)22-23-18/h5-7,10,12-14H,8-9,11H2,1-4H3,(H,20,25)(H,21,22,23)/t12-,13-,14+/m0/s1. The number of H-pyrrole nitrogens is 1. The minimum atomic E-state index is -0.105. The molecule has 2 aromatic rings. The van der Waals surface area contributed by atoms with E-state index in [-0.39, 0.29) is 11.9 Å². The van der Waals surface area contributed by atoms with E-state index in [4.69, 9.17) is 0 Å². The van der Waals surface area contributed by atoms with E-state index < -0.39 is 0 Å². The van der Waals surface area contributed by atoms with Crippen LogP contribution in [-0.4, -0.2) is 44.1 Å². The summed E-state index contributed by atoms with van der Waals surface area (Å²) in [4.78, 5) is 19.2. The molecule has 1 aliphatic rings. The van der Waals surface area contributed by atoms with Crippen molar-refractivity contribution in [2.75, 3.05) is 0 Å². The molecule has 3 atom stereocenters. The number of nitrogens with one attached hydrogen (secondary N) is 2. The van der Waals surface area contributed by atoms with Gasteiger partial charge < -0.3 is 5.32 Å². The maximum Gasteiger partial charge on any atom is 0.237 e. The Hall–Kier alpha value is -2.21. The largest absolute Gasteiger partial charge is 0.351 e. The van der Waals surface area contributed by atoms with Gasteiger partial charge in [-0.1, -0.05) is 18.2 Å². The van der Waals surface area contributed by atoms with Crippen molar-refractivity contribution in [2.45, 2.75) is 65.2 Å². The lowest BCUT2D eigenvalue weighted by Crippen LogP contribution is -2.48. The molecule has 1 saturated heterocycles. The summed E-state index contributed by atoms with van der Waals surface area (Å²) in [5.74, 6) is 1.55. The van der Waals surface area contributed by atoms with Gasteiger partial charge in [0.15, 0.2) is 5.82 Å². The third kappa shape index (κ3) is 3.90. The number of rotatable bonds is 5. The monoisotopic (exact) mass is 341 g/mol. The van der Waals surface area contributed by atoms with Crippen LogP contribution < -0.4 is 5.32 Å². The molecule has 3 rings (SSSR count). The molecule has 2 heterocycles. The molecule has 6 nitrogen and oxygen atoms in total. The summed E-state index contributed by atoms with van der Waals surface area (Å²) in [6, 6.07) is 8.80. The van der Waals surface area contributed by atoms with Gasteiger partial charge in [0.2, 0.25) is 5.91 Å². The van der Waals surface area contributed by atoms with Crippen LogP contribution in [0.4, 0.5) is 0 Å². The van der Waals surface area contributed by atoms with Crippen molar-refractivity contribution >= 4 is 5.91 Å². The molecule has 1 fully saturated rings. The van der Waals surface area contributed by atoms with Gasteiger partial charge in [0, 0.05) is 24.2 Å². The topological polar surface area (TPSA) is 73.9 Å². The predicted octanol–water partition coefficient (Wildman–Crippen LogP) is 2.66. The Bertz CT molecular complexity index is 731. The Morgan fingerprint density at radius 3 is 2.72 bits per heavy atom. The summed E-state index contributed by atoms with van der Waals surface area (Å²) >= 11 is 0. The lowest BCUT2D eigenvalue weighted by Gasteiger charge is -2.31. The van der Waals surface area contributed by atoms with Gasteiger partial charge in [0.05, 0.1) is 6.04 Å². The fourth-order valence-corrected chi connectivity index (χ4v) is 3.74. The molecule has 0 saturated carbocycles. The number of hydrogen-bond donors (Lipinski definition) is 2. The highest BCUT2D eigenvalue weighted by Gasteiger charge is 2.34. The van der Waals surface area contributed by atoms with E-state index >= 15 is 0 Å². The first kappa shape index (κ1) is 17.6. The maximum atomic E-state index is 12.6. The zero-order valence-corrected chi connectivity index (χ0v) is 15.4. The number of carbonyl (C=O) groups is 1. The molecule has 25 heavy (non-hydrogen) atoms. The molecule has 0 aliphatic carbocycles. The van der Waals surface area contributed by atoms with Crippen LogP contribution in [0.3, 0.4) is 0 Å². The maximum absolute atomic E-state index is 12.6. The van der Waals surface area contributed by atoms with Crippen LogP contribution >= 0.6 is 0 Å². The number of likely N-dealkylation sites (tertiary alicyclic amines) is 1. The van der Waals surface area contributed by atoms with Crippen LogP contribution in [-0.2, 0) is 11.3 Å². The smallest absolute Gasteiger partial charge is 0.237 e. The first-order chi connectivity index (χ1) is 12.0. The first-order valence-corrected chi connectivity index (χ1v) is 8.99. The summed E-state index contributed by atoms with van der Waals surface area (Å²) in [5, 5.41) is 10.1. The number of aryl methyl sites for hydroxylation is 1. The molecule has 1 aliphatic heterocycles. The molecule has 0 unspecified atom stereocenters. The Morgan fingerprint density at radius 1 is 1.36 bits per heavy atom. The Labute approximate surface area is 149 Å². The van der Waals surface area contributed by atoms with E-state index in [1.807, 2.05) is 38.1 Å². The van der Waals surface area contributed by atoms with Gasteiger partial charge in [-0.15, -0.1) is 0 Å². The van der Waals surface area contributed by atoms with Gasteiger partial charge in [-0.2, -0.15) is 5.10 Å². The second-order valence-corrected chi connectivity index (χ2v) is 7.06. The van der Waals surface area contributed by atoms with E-state index in [1.165, 1.54) is 0 Å². The number of benzene rings is 1. The number of aromatic amines is 1. The van der Waals surface area contributed by atoms with Crippen LogP contribution in [0.1, 0.15) is 45.0 Å². The Kier molecular flexibility index (Phi) is 5.18. The van der Waals surface area contributed by atoms with E-state index in [0.717, 1.165) is 29.8 Å². The second kappa shape index (κ2) is 7.35. The van der Waals surface area contributed by atoms with Gasteiger partial charge in [-0.25, -0.2) is 4.98 Å². The molecule has 2 N–H and O–H groups in total. The number of carbonyl (C=O) groups excluding carboxylic acids is 1. The summed E-state index contributed by atoms with van der Waals surface area (Å²) in [6.45, 7) is 8.80. The highest BCUT2D eigenvalue weighted by Crippen LogP contribution is 2.26. The van der Waals surface area contributed by atoms with Crippen molar-refractivity contribution < 1.29 is 4.79 Å². The minimum absolute atomic E-state index is 0.0831. The van der Waals surface area contributed by atoms with Crippen LogP contribution in [0.15, 0.2) is 24.3 Å². The van der Waals surface area contributed by atoms with Gasteiger partial charge in [0.1, 0.15) is 5.82 Å². The van der Waals surface area contributed by atoms with Gasteiger partial charge in [-0.3, -0.25) is 14.8 Å². The summed E-state index contributed by atoms with van der Waals surface area (Å²) < 4.78 is 0. The van der Waals surface area contributed by atoms with Crippen molar-refractivity contribution in [3.63, 3.8) is 0 Å². The fourth-order valence-electron chi connectivity index (χ4n) is 3.74. The van der Waals surface area contributed by atoms with E-state index in [2.05, 4.69) is 39.2 Å². The minimum Gasteiger partial charge on any atom is -0.351 e. The van der Waals surface area contributed by atoms with Crippen molar-refractivity contribution in [3.8, 4) is 11.4 Å². The molecule has 1 aromatic heterocycles. The lowest BCUT2D eigenvalue weighted by molar-refractivity contribution is -0.127. The van der Waals surface area contributed by atoms with Crippen molar-refractivity contribution in [3.05, 3.63) is 35.7 Å². The number of amides is 1. The summed E-state index contributed by atoms with van der Waals surface area (Å²) in [6.07, 6.45) is 2.33.